The van der Waals surface area contributed by atoms with Crippen LogP contribution in [-0.4, -0.2) is 25.2 Å². The third kappa shape index (κ3) is 5.74. The fourth-order valence-corrected chi connectivity index (χ4v) is 4.68. The van der Waals surface area contributed by atoms with Crippen LogP contribution in [0.1, 0.15) is 5.56 Å². The highest BCUT2D eigenvalue weighted by atomic mass is 35.5. The van der Waals surface area contributed by atoms with Crippen molar-refractivity contribution < 1.29 is 13.2 Å². The number of halogens is 3. The third-order valence-corrected chi connectivity index (χ3v) is 6.78. The number of rotatable bonds is 7. The molecule has 1 N–H and O–H groups in total. The average Bonchev–Trinajstić information content (AvgIpc) is 2.71. The van der Waals surface area contributed by atoms with Crippen molar-refractivity contribution in [2.45, 2.75) is 11.4 Å². The Morgan fingerprint density at radius 3 is 2.13 bits per heavy atom. The summed E-state index contributed by atoms with van der Waals surface area (Å²) in [5.74, 6) is -0.535. The summed E-state index contributed by atoms with van der Waals surface area (Å²) in [5.41, 5.74) is 1.09. The van der Waals surface area contributed by atoms with Crippen LogP contribution >= 0.6 is 34.8 Å². The molecule has 0 bridgehead atoms. The molecule has 5 nitrogen and oxygen atoms in total. The van der Waals surface area contributed by atoms with Gasteiger partial charge in [-0.15, -0.1) is 0 Å². The Hall–Kier alpha value is -2.09. The number of carbonyl (C=O) groups excluding carboxylic acids is 1. The van der Waals surface area contributed by atoms with Gasteiger partial charge in [-0.2, -0.15) is 4.31 Å². The van der Waals surface area contributed by atoms with Gasteiger partial charge in [0, 0.05) is 16.6 Å². The Kier molecular flexibility index (Phi) is 7.39. The largest absolute Gasteiger partial charge is 0.324 e. The zero-order chi connectivity index (χ0) is 21.7. The lowest BCUT2D eigenvalue weighted by atomic mass is 10.2. The molecule has 0 saturated carbocycles. The van der Waals surface area contributed by atoms with Crippen molar-refractivity contribution in [1.29, 1.82) is 0 Å². The lowest BCUT2D eigenvalue weighted by molar-refractivity contribution is -0.116. The van der Waals surface area contributed by atoms with Gasteiger partial charge >= 0.3 is 0 Å². The van der Waals surface area contributed by atoms with E-state index in [0.717, 1.165) is 9.87 Å². The molecule has 0 fully saturated rings. The molecule has 0 radical (unpaired) electrons. The van der Waals surface area contributed by atoms with Gasteiger partial charge in [0.15, 0.2) is 0 Å². The number of nitrogens with zero attached hydrogens (tertiary/aromatic N) is 1. The lowest BCUT2D eigenvalue weighted by Gasteiger charge is -2.22. The number of sulfonamides is 1. The van der Waals surface area contributed by atoms with E-state index in [0.29, 0.717) is 15.7 Å². The first-order valence-corrected chi connectivity index (χ1v) is 11.4. The first-order chi connectivity index (χ1) is 14.3. The molecule has 0 aromatic heterocycles. The molecule has 3 aromatic carbocycles. The highest BCUT2D eigenvalue weighted by Gasteiger charge is 2.27. The van der Waals surface area contributed by atoms with Gasteiger partial charge in [0.25, 0.3) is 0 Å². The van der Waals surface area contributed by atoms with E-state index in [1.54, 1.807) is 36.4 Å². The second-order valence-electron chi connectivity index (χ2n) is 6.38. The molecule has 0 unspecified atom stereocenters. The molecule has 3 aromatic rings. The van der Waals surface area contributed by atoms with E-state index >= 15 is 0 Å². The molecule has 0 spiro atoms. The summed E-state index contributed by atoms with van der Waals surface area (Å²) in [6, 6.07) is 19.4. The quantitative estimate of drug-likeness (QED) is 0.484. The normalized spacial score (nSPS) is 11.5. The van der Waals surface area contributed by atoms with Gasteiger partial charge < -0.3 is 5.32 Å². The number of anilines is 1. The molecule has 0 aliphatic carbocycles. The minimum atomic E-state index is -3.96. The number of hydrogen-bond acceptors (Lipinski definition) is 3. The van der Waals surface area contributed by atoms with Crippen molar-refractivity contribution in [2.75, 3.05) is 11.9 Å². The van der Waals surface area contributed by atoms with Crippen molar-refractivity contribution in [3.05, 3.63) is 93.4 Å². The Morgan fingerprint density at radius 1 is 0.867 bits per heavy atom. The molecule has 0 aliphatic rings. The second-order valence-corrected chi connectivity index (χ2v) is 9.60. The van der Waals surface area contributed by atoms with Crippen LogP contribution in [0.25, 0.3) is 0 Å². The molecule has 3 rings (SSSR count). The summed E-state index contributed by atoms with van der Waals surface area (Å²) in [6.45, 7) is -0.383. The van der Waals surface area contributed by atoms with Crippen LogP contribution in [0.15, 0.2) is 77.7 Å². The summed E-state index contributed by atoms with van der Waals surface area (Å²) in [5, 5.41) is 3.73. The van der Waals surface area contributed by atoms with Crippen LogP contribution in [0.3, 0.4) is 0 Å². The van der Waals surface area contributed by atoms with Crippen molar-refractivity contribution in [2.24, 2.45) is 0 Å². The fourth-order valence-electron chi connectivity index (χ4n) is 2.71. The van der Waals surface area contributed by atoms with Crippen LogP contribution in [0.5, 0.6) is 0 Å². The number of nitrogens with one attached hydrogen (secondary N) is 1. The van der Waals surface area contributed by atoms with Crippen molar-refractivity contribution >= 4 is 56.4 Å². The molecule has 0 heterocycles. The molecule has 1 amide bonds. The van der Waals surface area contributed by atoms with Gasteiger partial charge in [-0.3, -0.25) is 4.79 Å². The highest BCUT2D eigenvalue weighted by Crippen LogP contribution is 2.26. The number of benzene rings is 3. The SMILES string of the molecule is O=C(CN(Cc1ccccc1)S(=O)(=O)c1ccc(Cl)cc1)Nc1ccc(Cl)cc1Cl. The third-order valence-electron chi connectivity index (χ3n) is 4.18. The Morgan fingerprint density at radius 2 is 1.50 bits per heavy atom. The van der Waals surface area contributed by atoms with E-state index in [-0.39, 0.29) is 16.5 Å². The molecule has 30 heavy (non-hydrogen) atoms. The van der Waals surface area contributed by atoms with Gasteiger partial charge in [-0.25, -0.2) is 8.42 Å². The number of amides is 1. The maximum absolute atomic E-state index is 13.2. The van der Waals surface area contributed by atoms with Crippen LogP contribution < -0.4 is 5.32 Å². The molecule has 156 valence electrons. The van der Waals surface area contributed by atoms with Gasteiger partial charge in [0.1, 0.15) is 0 Å². The minimum Gasteiger partial charge on any atom is -0.324 e. The predicted octanol–water partition coefficient (Wildman–Crippen LogP) is 5.48. The summed E-state index contributed by atoms with van der Waals surface area (Å²) < 4.78 is 27.5. The lowest BCUT2D eigenvalue weighted by Crippen LogP contribution is -2.37. The van der Waals surface area contributed by atoms with E-state index in [1.807, 2.05) is 6.07 Å². The van der Waals surface area contributed by atoms with E-state index in [4.69, 9.17) is 34.8 Å². The minimum absolute atomic E-state index is 0.0214. The molecule has 0 atom stereocenters. The maximum Gasteiger partial charge on any atom is 0.243 e. The van der Waals surface area contributed by atoms with Gasteiger partial charge in [-0.1, -0.05) is 65.1 Å². The summed E-state index contributed by atoms with van der Waals surface area (Å²) in [7, 11) is -3.96. The monoisotopic (exact) mass is 482 g/mol. The molecule has 9 heteroatoms. The first-order valence-electron chi connectivity index (χ1n) is 8.80. The summed E-state index contributed by atoms with van der Waals surface area (Å²) in [4.78, 5) is 12.7. The van der Waals surface area contributed by atoms with Crippen molar-refractivity contribution in [3.63, 3.8) is 0 Å². The topological polar surface area (TPSA) is 66.5 Å². The van der Waals surface area contributed by atoms with Crippen molar-refractivity contribution in [1.82, 2.24) is 4.31 Å². The molecule has 0 saturated heterocycles. The Labute approximate surface area is 190 Å². The average molecular weight is 484 g/mol. The number of carbonyl (C=O) groups is 1. The van der Waals surface area contributed by atoms with Gasteiger partial charge in [0.05, 0.1) is 22.2 Å². The van der Waals surface area contributed by atoms with Crippen molar-refractivity contribution in [3.8, 4) is 0 Å². The van der Waals surface area contributed by atoms with Crippen LogP contribution in [0.4, 0.5) is 5.69 Å². The zero-order valence-electron chi connectivity index (χ0n) is 15.6. The summed E-state index contributed by atoms with van der Waals surface area (Å²) in [6.07, 6.45) is 0. The molecule has 0 aliphatic heterocycles. The zero-order valence-corrected chi connectivity index (χ0v) is 18.6. The molecular weight excluding hydrogens is 467 g/mol. The van der Waals surface area contributed by atoms with E-state index < -0.39 is 22.5 Å². The number of hydrogen-bond donors (Lipinski definition) is 1. The smallest absolute Gasteiger partial charge is 0.243 e. The van der Waals surface area contributed by atoms with Crippen LogP contribution in [-0.2, 0) is 21.4 Å². The fraction of sp³-hybridized carbons (Fsp3) is 0.0952. The first kappa shape index (κ1) is 22.6. The Balaban J connectivity index is 1.87. The van der Waals surface area contributed by atoms with E-state index in [9.17, 15) is 13.2 Å². The van der Waals surface area contributed by atoms with E-state index in [2.05, 4.69) is 5.32 Å². The van der Waals surface area contributed by atoms with Crippen LogP contribution in [0.2, 0.25) is 15.1 Å². The van der Waals surface area contributed by atoms with E-state index in [1.165, 1.54) is 30.3 Å². The van der Waals surface area contributed by atoms with Crippen LogP contribution in [0, 0.1) is 0 Å². The maximum atomic E-state index is 13.2. The summed E-state index contributed by atoms with van der Waals surface area (Å²) >= 11 is 17.8. The van der Waals surface area contributed by atoms with Gasteiger partial charge in [-0.05, 0) is 48.0 Å². The predicted molar refractivity (Wildman–Crippen MR) is 121 cm³/mol. The van der Waals surface area contributed by atoms with Gasteiger partial charge in [0.2, 0.25) is 15.9 Å². The highest BCUT2D eigenvalue weighted by molar-refractivity contribution is 7.89. The second kappa shape index (κ2) is 9.81. The Bertz CT molecular complexity index is 1140. The molecular formula is C21H17Cl3N2O3S. The standard InChI is InChI=1S/C21H17Cl3N2O3S/c22-16-6-9-18(10-7-16)30(28,29)26(13-15-4-2-1-3-5-15)14-21(27)25-20-11-8-17(23)12-19(20)24/h1-12H,13-14H2,(H,25,27).